The van der Waals surface area contributed by atoms with Gasteiger partial charge in [-0.3, -0.25) is 0 Å². The van der Waals surface area contributed by atoms with Crippen molar-refractivity contribution in [1.29, 1.82) is 0 Å². The number of carbonyl (C=O) groups is 1. The fourth-order valence-electron chi connectivity index (χ4n) is 1.69. The molecule has 0 radical (unpaired) electrons. The quantitative estimate of drug-likeness (QED) is 0.594. The van der Waals surface area contributed by atoms with Crippen molar-refractivity contribution in [3.05, 3.63) is 35.9 Å². The van der Waals surface area contributed by atoms with E-state index in [1.165, 1.54) is 0 Å². The number of carbonyl (C=O) groups excluding carboxylic acids is 1. The summed E-state index contributed by atoms with van der Waals surface area (Å²) in [4.78, 5) is 11.9. The molecule has 1 atom stereocenters. The smallest absolute Gasteiger partial charge is 0.342 e. The van der Waals surface area contributed by atoms with Crippen molar-refractivity contribution in [2.24, 2.45) is 0 Å². The third-order valence-electron chi connectivity index (χ3n) is 2.68. The summed E-state index contributed by atoms with van der Waals surface area (Å²) in [7, 11) is 0. The third kappa shape index (κ3) is 3.55. The lowest BCUT2D eigenvalue weighted by Crippen LogP contribution is -2.38. The van der Waals surface area contributed by atoms with Crippen LogP contribution in [0, 0.1) is 0 Å². The number of benzene rings is 1. The highest BCUT2D eigenvalue weighted by Crippen LogP contribution is 2.26. The second kappa shape index (κ2) is 7.13. The average Bonchev–Trinajstić information content (AvgIpc) is 2.40. The molecule has 0 heterocycles. The minimum atomic E-state index is -1.63. The van der Waals surface area contributed by atoms with E-state index in [4.69, 9.17) is 9.47 Å². The molecule has 1 aromatic rings. The Kier molecular flexibility index (Phi) is 5.82. The zero-order valence-corrected chi connectivity index (χ0v) is 10.9. The van der Waals surface area contributed by atoms with Gasteiger partial charge >= 0.3 is 5.97 Å². The van der Waals surface area contributed by atoms with Crippen LogP contribution >= 0.6 is 0 Å². The van der Waals surface area contributed by atoms with E-state index in [0.717, 1.165) is 0 Å². The van der Waals surface area contributed by atoms with Crippen LogP contribution in [0.25, 0.3) is 0 Å². The highest BCUT2D eigenvalue weighted by atomic mass is 16.5. The van der Waals surface area contributed by atoms with E-state index >= 15 is 0 Å². The standard InChI is InChI=1S/C14H20O4/c1-3-17-11-10-14(16,13(15)18-4-2)12-8-6-5-7-9-12/h5-9,16H,3-4,10-11H2,1-2H3/t14-/m0/s1. The van der Waals surface area contributed by atoms with Gasteiger partial charge in [-0.15, -0.1) is 0 Å². The molecule has 0 aliphatic heterocycles. The zero-order chi connectivity index (χ0) is 13.4. The van der Waals surface area contributed by atoms with Crippen LogP contribution in [-0.4, -0.2) is 30.9 Å². The van der Waals surface area contributed by atoms with E-state index in [-0.39, 0.29) is 13.0 Å². The first-order valence-corrected chi connectivity index (χ1v) is 6.18. The van der Waals surface area contributed by atoms with Crippen LogP contribution in [-0.2, 0) is 19.9 Å². The summed E-state index contributed by atoms with van der Waals surface area (Å²) in [6.07, 6.45) is 0.184. The monoisotopic (exact) mass is 252 g/mol. The first-order valence-electron chi connectivity index (χ1n) is 6.18. The molecule has 0 aliphatic carbocycles. The van der Waals surface area contributed by atoms with Crippen molar-refractivity contribution in [3.8, 4) is 0 Å². The van der Waals surface area contributed by atoms with Gasteiger partial charge in [0.25, 0.3) is 0 Å². The number of hydrogen-bond acceptors (Lipinski definition) is 4. The molecule has 18 heavy (non-hydrogen) atoms. The second-order valence-electron chi connectivity index (χ2n) is 3.89. The highest BCUT2D eigenvalue weighted by Gasteiger charge is 2.39. The van der Waals surface area contributed by atoms with E-state index in [1.807, 2.05) is 13.0 Å². The molecule has 0 unspecified atom stereocenters. The van der Waals surface area contributed by atoms with E-state index in [1.54, 1.807) is 31.2 Å². The number of hydrogen-bond donors (Lipinski definition) is 1. The Balaban J connectivity index is 2.90. The number of aliphatic hydroxyl groups is 1. The predicted molar refractivity (Wildman–Crippen MR) is 68.1 cm³/mol. The topological polar surface area (TPSA) is 55.8 Å². The SMILES string of the molecule is CCOCC[C@@](O)(C(=O)OCC)c1ccccc1. The van der Waals surface area contributed by atoms with E-state index in [2.05, 4.69) is 0 Å². The summed E-state index contributed by atoms with van der Waals surface area (Å²) in [5, 5.41) is 10.6. The van der Waals surface area contributed by atoms with Crippen molar-refractivity contribution in [1.82, 2.24) is 0 Å². The average molecular weight is 252 g/mol. The fourth-order valence-corrected chi connectivity index (χ4v) is 1.69. The first kappa shape index (κ1) is 14.7. The van der Waals surface area contributed by atoms with Gasteiger partial charge in [0.15, 0.2) is 5.60 Å². The molecular formula is C14H20O4. The largest absolute Gasteiger partial charge is 0.464 e. The summed E-state index contributed by atoms with van der Waals surface area (Å²) in [5.41, 5.74) is -1.10. The molecule has 1 aromatic carbocycles. The maximum atomic E-state index is 11.9. The molecule has 0 aliphatic rings. The van der Waals surface area contributed by atoms with Gasteiger partial charge in [0.2, 0.25) is 0 Å². The summed E-state index contributed by atoms with van der Waals surface area (Å²) in [6, 6.07) is 8.81. The Labute approximate surface area is 108 Å². The molecule has 4 heteroatoms. The normalized spacial score (nSPS) is 13.9. The Morgan fingerprint density at radius 1 is 1.22 bits per heavy atom. The van der Waals surface area contributed by atoms with Crippen LogP contribution in [0.5, 0.6) is 0 Å². The van der Waals surface area contributed by atoms with Crippen LogP contribution < -0.4 is 0 Å². The zero-order valence-electron chi connectivity index (χ0n) is 10.9. The molecule has 0 spiro atoms. The molecule has 1 rings (SSSR count). The van der Waals surface area contributed by atoms with Gasteiger partial charge in [-0.25, -0.2) is 4.79 Å². The lowest BCUT2D eigenvalue weighted by Gasteiger charge is -2.26. The van der Waals surface area contributed by atoms with Crippen molar-refractivity contribution < 1.29 is 19.4 Å². The van der Waals surface area contributed by atoms with Crippen LogP contribution in [0.3, 0.4) is 0 Å². The minimum Gasteiger partial charge on any atom is -0.464 e. The van der Waals surface area contributed by atoms with Crippen LogP contribution in [0.2, 0.25) is 0 Å². The maximum absolute atomic E-state index is 11.9. The maximum Gasteiger partial charge on any atom is 0.342 e. The molecule has 0 aromatic heterocycles. The van der Waals surface area contributed by atoms with E-state index in [0.29, 0.717) is 18.8 Å². The Bertz CT molecular complexity index is 363. The second-order valence-corrected chi connectivity index (χ2v) is 3.89. The van der Waals surface area contributed by atoms with Crippen molar-refractivity contribution in [2.45, 2.75) is 25.9 Å². The third-order valence-corrected chi connectivity index (χ3v) is 2.68. The van der Waals surface area contributed by atoms with Gasteiger partial charge in [-0.05, 0) is 19.4 Å². The molecule has 1 N–H and O–H groups in total. The molecule has 0 fully saturated rings. The van der Waals surface area contributed by atoms with Gasteiger partial charge in [0.1, 0.15) is 0 Å². The lowest BCUT2D eigenvalue weighted by atomic mass is 9.91. The van der Waals surface area contributed by atoms with E-state index < -0.39 is 11.6 Å². The number of rotatable bonds is 7. The summed E-state index contributed by atoms with van der Waals surface area (Å²) in [6.45, 7) is 4.68. The molecule has 0 saturated heterocycles. The highest BCUT2D eigenvalue weighted by molar-refractivity contribution is 5.81. The first-order chi connectivity index (χ1) is 8.65. The number of ether oxygens (including phenoxy) is 2. The minimum absolute atomic E-state index is 0.184. The van der Waals surface area contributed by atoms with Gasteiger partial charge in [-0.2, -0.15) is 0 Å². The van der Waals surface area contributed by atoms with Crippen LogP contribution in [0.1, 0.15) is 25.8 Å². The van der Waals surface area contributed by atoms with Crippen molar-refractivity contribution in [3.63, 3.8) is 0 Å². The summed E-state index contributed by atoms with van der Waals surface area (Å²) < 4.78 is 10.2. The Morgan fingerprint density at radius 3 is 2.44 bits per heavy atom. The molecule has 0 amide bonds. The molecule has 0 bridgehead atoms. The van der Waals surface area contributed by atoms with E-state index in [9.17, 15) is 9.90 Å². The van der Waals surface area contributed by atoms with Crippen molar-refractivity contribution in [2.75, 3.05) is 19.8 Å². The van der Waals surface area contributed by atoms with Gasteiger partial charge in [0, 0.05) is 13.0 Å². The number of esters is 1. The lowest BCUT2D eigenvalue weighted by molar-refractivity contribution is -0.168. The van der Waals surface area contributed by atoms with Crippen LogP contribution in [0.4, 0.5) is 0 Å². The Morgan fingerprint density at radius 2 is 1.89 bits per heavy atom. The summed E-state index contributed by atoms with van der Waals surface area (Å²) >= 11 is 0. The van der Waals surface area contributed by atoms with Crippen LogP contribution in [0.15, 0.2) is 30.3 Å². The molecular weight excluding hydrogens is 232 g/mol. The Hall–Kier alpha value is -1.39. The molecule has 0 saturated carbocycles. The van der Waals surface area contributed by atoms with Gasteiger partial charge in [0.05, 0.1) is 13.2 Å². The molecule has 100 valence electrons. The van der Waals surface area contributed by atoms with Crippen molar-refractivity contribution >= 4 is 5.97 Å². The summed E-state index contributed by atoms with van der Waals surface area (Å²) in [5.74, 6) is -0.629. The molecule has 4 nitrogen and oxygen atoms in total. The predicted octanol–water partition coefficient (Wildman–Crippen LogP) is 1.86. The fraction of sp³-hybridized carbons (Fsp3) is 0.500. The van der Waals surface area contributed by atoms with Gasteiger partial charge in [-0.1, -0.05) is 30.3 Å². The van der Waals surface area contributed by atoms with Gasteiger partial charge < -0.3 is 14.6 Å².